The van der Waals surface area contributed by atoms with E-state index in [0.29, 0.717) is 11.6 Å². The normalized spacial score (nSPS) is 14.4. The third kappa shape index (κ3) is 4.98. The van der Waals surface area contributed by atoms with Gasteiger partial charge in [0.25, 0.3) is 5.91 Å². The number of thiazole rings is 1. The standard InChI is InChI=1S/C21H23F2N5OS.C2H6/c1-28-18(12-7-4-2-3-5-8-12)15(11-25-28)26-20(29)17-19(24)30-21(27-17)16-13(22)9-6-10-14(16)23;1-2/h6,9-12H,2-5,7-8,24H2,1H3,(H,26,29);1-2H3. The predicted octanol–water partition coefficient (Wildman–Crippen LogP) is 6.12. The zero-order chi connectivity index (χ0) is 23.3. The minimum absolute atomic E-state index is 0.0310. The number of benzene rings is 1. The number of amides is 1. The Morgan fingerprint density at radius 1 is 1.16 bits per heavy atom. The van der Waals surface area contributed by atoms with E-state index in [1.807, 2.05) is 20.9 Å². The molecule has 1 aliphatic carbocycles. The van der Waals surface area contributed by atoms with Crippen LogP contribution in [0.2, 0.25) is 0 Å². The number of nitrogen functional groups attached to an aromatic ring is 1. The fourth-order valence-corrected chi connectivity index (χ4v) is 4.94. The van der Waals surface area contributed by atoms with Crippen LogP contribution >= 0.6 is 11.3 Å². The molecular formula is C23H29F2N5OS. The van der Waals surface area contributed by atoms with Crippen molar-refractivity contribution in [2.75, 3.05) is 11.1 Å². The molecule has 0 unspecified atom stereocenters. The summed E-state index contributed by atoms with van der Waals surface area (Å²) in [5.41, 5.74) is 7.25. The van der Waals surface area contributed by atoms with Crippen molar-refractivity contribution in [1.29, 1.82) is 0 Å². The van der Waals surface area contributed by atoms with E-state index in [1.54, 1.807) is 10.9 Å². The highest BCUT2D eigenvalue weighted by Crippen LogP contribution is 2.37. The van der Waals surface area contributed by atoms with Crippen molar-refractivity contribution in [3.8, 4) is 10.6 Å². The maximum absolute atomic E-state index is 14.1. The average Bonchev–Trinajstić information content (AvgIpc) is 3.20. The van der Waals surface area contributed by atoms with Crippen molar-refractivity contribution in [3.05, 3.63) is 47.4 Å². The molecule has 0 aliphatic heterocycles. The number of aromatic nitrogens is 3. The van der Waals surface area contributed by atoms with Crippen LogP contribution in [-0.4, -0.2) is 20.7 Å². The molecule has 3 aromatic rings. The molecule has 172 valence electrons. The summed E-state index contributed by atoms with van der Waals surface area (Å²) in [7, 11) is 1.87. The summed E-state index contributed by atoms with van der Waals surface area (Å²) in [6.07, 6.45) is 8.48. The zero-order valence-electron chi connectivity index (χ0n) is 18.6. The van der Waals surface area contributed by atoms with Crippen LogP contribution < -0.4 is 11.1 Å². The van der Waals surface area contributed by atoms with Gasteiger partial charge >= 0.3 is 0 Å². The lowest BCUT2D eigenvalue weighted by molar-refractivity contribution is 0.102. The van der Waals surface area contributed by atoms with E-state index in [4.69, 9.17) is 5.73 Å². The lowest BCUT2D eigenvalue weighted by atomic mass is 9.95. The van der Waals surface area contributed by atoms with E-state index in [1.165, 1.54) is 18.9 Å². The van der Waals surface area contributed by atoms with Crippen LogP contribution in [0.3, 0.4) is 0 Å². The molecule has 1 aromatic carbocycles. The number of aryl methyl sites for hydroxylation is 1. The van der Waals surface area contributed by atoms with Crippen molar-refractivity contribution in [3.63, 3.8) is 0 Å². The van der Waals surface area contributed by atoms with E-state index >= 15 is 0 Å². The monoisotopic (exact) mass is 461 g/mol. The molecular weight excluding hydrogens is 432 g/mol. The quantitative estimate of drug-likeness (QED) is 0.458. The average molecular weight is 462 g/mol. The van der Waals surface area contributed by atoms with Crippen molar-refractivity contribution in [1.82, 2.24) is 14.8 Å². The van der Waals surface area contributed by atoms with Crippen molar-refractivity contribution in [2.45, 2.75) is 58.3 Å². The second kappa shape index (κ2) is 10.7. The third-order valence-corrected chi connectivity index (χ3v) is 6.42. The van der Waals surface area contributed by atoms with Gasteiger partial charge in [0.15, 0.2) is 5.69 Å². The highest BCUT2D eigenvalue weighted by molar-refractivity contribution is 7.19. The molecule has 3 N–H and O–H groups in total. The number of hydrogen-bond donors (Lipinski definition) is 2. The maximum atomic E-state index is 14.1. The smallest absolute Gasteiger partial charge is 0.277 e. The van der Waals surface area contributed by atoms with Gasteiger partial charge in [-0.2, -0.15) is 5.10 Å². The molecule has 2 heterocycles. The number of nitrogens with one attached hydrogen (secondary N) is 1. The molecule has 0 atom stereocenters. The van der Waals surface area contributed by atoms with Crippen LogP contribution in [0.4, 0.5) is 19.5 Å². The maximum Gasteiger partial charge on any atom is 0.277 e. The van der Waals surface area contributed by atoms with E-state index in [0.717, 1.165) is 54.8 Å². The summed E-state index contributed by atoms with van der Waals surface area (Å²) in [5, 5.41) is 7.31. The second-order valence-electron chi connectivity index (χ2n) is 7.54. The number of rotatable bonds is 4. The van der Waals surface area contributed by atoms with Gasteiger partial charge in [-0.1, -0.05) is 56.9 Å². The van der Waals surface area contributed by atoms with E-state index in [9.17, 15) is 13.6 Å². The molecule has 0 spiro atoms. The van der Waals surface area contributed by atoms with Gasteiger partial charge in [0, 0.05) is 13.0 Å². The summed E-state index contributed by atoms with van der Waals surface area (Å²) in [4.78, 5) is 17.0. The first-order valence-electron chi connectivity index (χ1n) is 11.0. The molecule has 1 fully saturated rings. The Kier molecular flexibility index (Phi) is 7.95. The van der Waals surface area contributed by atoms with Gasteiger partial charge in [-0.25, -0.2) is 13.8 Å². The zero-order valence-corrected chi connectivity index (χ0v) is 19.4. The van der Waals surface area contributed by atoms with Crippen molar-refractivity contribution in [2.24, 2.45) is 7.05 Å². The molecule has 0 saturated heterocycles. The fourth-order valence-electron chi connectivity index (χ4n) is 4.07. The number of carbonyl (C=O) groups excluding carboxylic acids is 1. The first-order valence-corrected chi connectivity index (χ1v) is 11.8. The molecule has 0 radical (unpaired) electrons. The first kappa shape index (κ1) is 23.8. The van der Waals surface area contributed by atoms with Crippen molar-refractivity contribution < 1.29 is 13.6 Å². The van der Waals surface area contributed by atoms with Crippen LogP contribution in [0.25, 0.3) is 10.6 Å². The van der Waals surface area contributed by atoms with Gasteiger partial charge < -0.3 is 11.1 Å². The summed E-state index contributed by atoms with van der Waals surface area (Å²) >= 11 is 0.880. The summed E-state index contributed by atoms with van der Waals surface area (Å²) in [5.74, 6) is -1.70. The molecule has 1 amide bonds. The van der Waals surface area contributed by atoms with E-state index in [-0.39, 0.29) is 21.3 Å². The Morgan fingerprint density at radius 3 is 2.41 bits per heavy atom. The Bertz CT molecular complexity index is 1050. The van der Waals surface area contributed by atoms with Crippen molar-refractivity contribution >= 4 is 27.9 Å². The number of nitrogens with zero attached hydrogens (tertiary/aromatic N) is 3. The Balaban J connectivity index is 0.00000141. The van der Waals surface area contributed by atoms with Gasteiger partial charge in [0.1, 0.15) is 21.6 Å². The van der Waals surface area contributed by atoms with Crippen LogP contribution in [0.5, 0.6) is 0 Å². The molecule has 0 bridgehead atoms. The SMILES string of the molecule is CC.Cn1ncc(NC(=O)c2nc(-c3c(F)cccc3F)sc2N)c1C1CCCCCC1. The van der Waals surface area contributed by atoms with Crippen LogP contribution in [-0.2, 0) is 7.05 Å². The Labute approximate surface area is 190 Å². The lowest BCUT2D eigenvalue weighted by Gasteiger charge is -2.17. The van der Waals surface area contributed by atoms with Crippen LogP contribution in [0.1, 0.15) is 74.5 Å². The van der Waals surface area contributed by atoms with E-state index in [2.05, 4.69) is 15.4 Å². The first-order chi connectivity index (χ1) is 15.5. The second-order valence-corrected chi connectivity index (χ2v) is 8.57. The lowest BCUT2D eigenvalue weighted by Crippen LogP contribution is -2.16. The fraction of sp³-hybridized carbons (Fsp3) is 0.435. The Hall–Kier alpha value is -2.81. The van der Waals surface area contributed by atoms with Gasteiger partial charge in [-0.3, -0.25) is 9.48 Å². The summed E-state index contributed by atoms with van der Waals surface area (Å²) < 4.78 is 30.0. The van der Waals surface area contributed by atoms with E-state index < -0.39 is 17.5 Å². The largest absolute Gasteiger partial charge is 0.389 e. The Morgan fingerprint density at radius 2 is 1.78 bits per heavy atom. The predicted molar refractivity (Wildman–Crippen MR) is 125 cm³/mol. The number of halogens is 2. The molecule has 2 aromatic heterocycles. The number of anilines is 2. The topological polar surface area (TPSA) is 85.8 Å². The minimum Gasteiger partial charge on any atom is -0.389 e. The molecule has 6 nitrogen and oxygen atoms in total. The summed E-state index contributed by atoms with van der Waals surface area (Å²) in [6, 6.07) is 3.56. The van der Waals surface area contributed by atoms with Gasteiger partial charge in [0.05, 0.1) is 23.1 Å². The molecule has 32 heavy (non-hydrogen) atoms. The van der Waals surface area contributed by atoms with Crippen LogP contribution in [0.15, 0.2) is 24.4 Å². The summed E-state index contributed by atoms with van der Waals surface area (Å²) in [6.45, 7) is 4.00. The highest BCUT2D eigenvalue weighted by atomic mass is 32.1. The highest BCUT2D eigenvalue weighted by Gasteiger charge is 2.25. The number of nitrogens with two attached hydrogens (primary N) is 1. The number of carbonyl (C=O) groups is 1. The third-order valence-electron chi connectivity index (χ3n) is 5.52. The number of hydrogen-bond acceptors (Lipinski definition) is 5. The molecule has 1 saturated carbocycles. The molecule has 4 rings (SSSR count). The van der Waals surface area contributed by atoms with Crippen LogP contribution in [0, 0.1) is 11.6 Å². The van der Waals surface area contributed by atoms with Gasteiger partial charge in [-0.05, 0) is 25.0 Å². The van der Waals surface area contributed by atoms with Gasteiger partial charge in [-0.15, -0.1) is 0 Å². The minimum atomic E-state index is -0.751. The van der Waals surface area contributed by atoms with Gasteiger partial charge in [0.2, 0.25) is 0 Å². The molecule has 1 aliphatic rings. The molecule has 9 heteroatoms.